The molecule has 0 aliphatic heterocycles. The molecule has 98 valence electrons. The third-order valence-corrected chi connectivity index (χ3v) is 2.27. The maximum Gasteiger partial charge on any atom is 0.416 e. The zero-order chi connectivity index (χ0) is 14.0. The number of ketones is 1. The van der Waals surface area contributed by atoms with Crippen molar-refractivity contribution in [3.63, 3.8) is 0 Å². The first-order chi connectivity index (χ1) is 8.10. The molecule has 1 aromatic rings. The quantitative estimate of drug-likeness (QED) is 0.846. The summed E-state index contributed by atoms with van der Waals surface area (Å²) in [4.78, 5) is 11.3. The van der Waals surface area contributed by atoms with E-state index in [0.717, 1.165) is 18.2 Å². The van der Waals surface area contributed by atoms with Crippen LogP contribution in [-0.4, -0.2) is 16.5 Å². The zero-order valence-corrected chi connectivity index (χ0v) is 9.95. The third kappa shape index (κ3) is 4.00. The summed E-state index contributed by atoms with van der Waals surface area (Å²) in [5, 5.41) is 9.37. The second-order valence-corrected chi connectivity index (χ2v) is 4.38. The lowest BCUT2D eigenvalue weighted by Gasteiger charge is -2.11. The molecule has 0 aliphatic carbocycles. The summed E-state index contributed by atoms with van der Waals surface area (Å²) in [6.07, 6.45) is -1.87. The van der Waals surface area contributed by atoms with Gasteiger partial charge in [0.2, 0.25) is 0 Å². The van der Waals surface area contributed by atoms with Crippen LogP contribution in [-0.2, 0) is 11.0 Å². The van der Waals surface area contributed by atoms with E-state index < -0.39 is 23.1 Å². The van der Waals surface area contributed by atoms with Crippen molar-refractivity contribution in [2.24, 2.45) is 0 Å². The summed E-state index contributed by atoms with van der Waals surface area (Å²) in [7, 11) is 0. The minimum atomic E-state index is -4.37. The molecule has 0 aromatic heterocycles. The van der Waals surface area contributed by atoms with Crippen molar-refractivity contribution in [1.82, 2.24) is 0 Å². The summed E-state index contributed by atoms with van der Waals surface area (Å²) < 4.78 is 36.9. The number of carbonyl (C=O) groups is 1. The Morgan fingerprint density at radius 2 is 1.67 bits per heavy atom. The van der Waals surface area contributed by atoms with Crippen LogP contribution in [0.25, 0.3) is 6.08 Å². The number of halogens is 3. The maximum atomic E-state index is 12.3. The first kappa shape index (κ1) is 14.4. The van der Waals surface area contributed by atoms with E-state index in [1.807, 2.05) is 0 Å². The number of alkyl halides is 3. The van der Waals surface area contributed by atoms with E-state index >= 15 is 0 Å². The average Bonchev–Trinajstić information content (AvgIpc) is 2.24. The van der Waals surface area contributed by atoms with Crippen molar-refractivity contribution in [1.29, 1.82) is 0 Å². The molecule has 0 aliphatic rings. The standard InChI is InChI=1S/C13H13F3O2/c1-12(2,18)11(17)8-5-9-3-6-10(7-4-9)13(14,15)16/h3-8,18H,1-2H3/b8-5+. The van der Waals surface area contributed by atoms with E-state index in [1.54, 1.807) is 0 Å². The molecule has 2 nitrogen and oxygen atoms in total. The smallest absolute Gasteiger partial charge is 0.382 e. The largest absolute Gasteiger partial charge is 0.416 e. The molecule has 0 heterocycles. The third-order valence-electron chi connectivity index (χ3n) is 2.27. The van der Waals surface area contributed by atoms with E-state index in [4.69, 9.17) is 0 Å². The van der Waals surface area contributed by atoms with Crippen molar-refractivity contribution in [2.75, 3.05) is 0 Å². The minimum absolute atomic E-state index is 0.459. The lowest BCUT2D eigenvalue weighted by Crippen LogP contribution is -2.29. The fraction of sp³-hybridized carbons (Fsp3) is 0.308. The Morgan fingerprint density at radius 1 is 1.17 bits per heavy atom. The molecule has 18 heavy (non-hydrogen) atoms. The Labute approximate surface area is 103 Å². The van der Waals surface area contributed by atoms with Crippen LogP contribution in [0.5, 0.6) is 0 Å². The lowest BCUT2D eigenvalue weighted by atomic mass is 10.0. The molecule has 0 spiro atoms. The number of hydrogen-bond acceptors (Lipinski definition) is 2. The summed E-state index contributed by atoms with van der Waals surface area (Å²) in [6, 6.07) is 4.40. The molecule has 5 heteroatoms. The van der Waals surface area contributed by atoms with Crippen molar-refractivity contribution >= 4 is 11.9 Å². The van der Waals surface area contributed by atoms with E-state index in [2.05, 4.69) is 0 Å². The Hall–Kier alpha value is -1.62. The molecule has 0 radical (unpaired) electrons. The SMILES string of the molecule is CC(C)(O)C(=O)/C=C/c1ccc(C(F)(F)F)cc1. The van der Waals surface area contributed by atoms with Gasteiger partial charge in [0.05, 0.1) is 5.56 Å². The molecule has 0 saturated heterocycles. The van der Waals surface area contributed by atoms with Gasteiger partial charge in [-0.15, -0.1) is 0 Å². The first-order valence-electron chi connectivity index (χ1n) is 5.23. The van der Waals surface area contributed by atoms with Crippen LogP contribution in [0, 0.1) is 0 Å². The molecule has 0 amide bonds. The number of benzene rings is 1. The molecular formula is C13H13F3O2. The van der Waals surface area contributed by atoms with Crippen LogP contribution in [0.2, 0.25) is 0 Å². The molecule has 0 fully saturated rings. The Morgan fingerprint density at radius 3 is 2.06 bits per heavy atom. The second kappa shape index (κ2) is 4.94. The first-order valence-corrected chi connectivity index (χ1v) is 5.23. The summed E-state index contributed by atoms with van der Waals surface area (Å²) in [6.45, 7) is 2.68. The Kier molecular flexibility index (Phi) is 3.96. The van der Waals surface area contributed by atoms with Crippen molar-refractivity contribution < 1.29 is 23.1 Å². The van der Waals surface area contributed by atoms with Crippen LogP contribution in [0.15, 0.2) is 30.3 Å². The van der Waals surface area contributed by atoms with Gasteiger partial charge in [-0.2, -0.15) is 13.2 Å². The number of hydrogen-bond donors (Lipinski definition) is 1. The fourth-order valence-corrected chi connectivity index (χ4v) is 1.16. The topological polar surface area (TPSA) is 37.3 Å². The molecule has 1 aromatic carbocycles. The van der Waals surface area contributed by atoms with Crippen LogP contribution in [0.4, 0.5) is 13.2 Å². The summed E-state index contributed by atoms with van der Waals surface area (Å²) in [5.41, 5.74) is -1.77. The highest BCUT2D eigenvalue weighted by Gasteiger charge is 2.29. The highest BCUT2D eigenvalue weighted by atomic mass is 19.4. The average molecular weight is 258 g/mol. The summed E-state index contributed by atoms with van der Waals surface area (Å²) in [5.74, 6) is -0.512. The van der Waals surface area contributed by atoms with Crippen molar-refractivity contribution in [3.05, 3.63) is 41.5 Å². The van der Waals surface area contributed by atoms with Gasteiger partial charge in [-0.05, 0) is 37.6 Å². The number of carbonyl (C=O) groups excluding carboxylic acids is 1. The molecule has 1 rings (SSSR count). The predicted octanol–water partition coefficient (Wildman–Crippen LogP) is 3.06. The van der Waals surface area contributed by atoms with Gasteiger partial charge in [0, 0.05) is 0 Å². The van der Waals surface area contributed by atoms with Crippen LogP contribution in [0.3, 0.4) is 0 Å². The van der Waals surface area contributed by atoms with Crippen LogP contribution in [0.1, 0.15) is 25.0 Å². The van der Waals surface area contributed by atoms with Gasteiger partial charge in [0.25, 0.3) is 0 Å². The minimum Gasteiger partial charge on any atom is -0.382 e. The van der Waals surface area contributed by atoms with Gasteiger partial charge in [0.1, 0.15) is 5.60 Å². The number of rotatable bonds is 3. The molecule has 0 bridgehead atoms. The number of aliphatic hydroxyl groups is 1. The molecule has 1 N–H and O–H groups in total. The van der Waals surface area contributed by atoms with Crippen molar-refractivity contribution in [2.45, 2.75) is 25.6 Å². The lowest BCUT2D eigenvalue weighted by molar-refractivity contribution is -0.137. The normalized spacial score (nSPS) is 13.0. The highest BCUT2D eigenvalue weighted by Crippen LogP contribution is 2.29. The predicted molar refractivity (Wildman–Crippen MR) is 61.8 cm³/mol. The second-order valence-electron chi connectivity index (χ2n) is 4.38. The Balaban J connectivity index is 2.82. The van der Waals surface area contributed by atoms with Gasteiger partial charge in [-0.1, -0.05) is 18.2 Å². The molecule has 0 atom stereocenters. The van der Waals surface area contributed by atoms with Gasteiger partial charge in [0.15, 0.2) is 5.78 Å². The Bertz CT molecular complexity index is 451. The fourth-order valence-electron chi connectivity index (χ4n) is 1.16. The van der Waals surface area contributed by atoms with Crippen LogP contribution < -0.4 is 0 Å². The zero-order valence-electron chi connectivity index (χ0n) is 9.95. The van der Waals surface area contributed by atoms with Gasteiger partial charge in [-0.25, -0.2) is 0 Å². The monoisotopic (exact) mass is 258 g/mol. The van der Waals surface area contributed by atoms with E-state index in [1.165, 1.54) is 32.1 Å². The van der Waals surface area contributed by atoms with E-state index in [-0.39, 0.29) is 0 Å². The van der Waals surface area contributed by atoms with Gasteiger partial charge >= 0.3 is 6.18 Å². The van der Waals surface area contributed by atoms with Gasteiger partial charge in [-0.3, -0.25) is 4.79 Å². The van der Waals surface area contributed by atoms with Crippen molar-refractivity contribution in [3.8, 4) is 0 Å². The van der Waals surface area contributed by atoms with Crippen LogP contribution >= 0.6 is 0 Å². The summed E-state index contributed by atoms with van der Waals surface area (Å²) >= 11 is 0. The molecule has 0 saturated carbocycles. The molecular weight excluding hydrogens is 245 g/mol. The highest BCUT2D eigenvalue weighted by molar-refractivity contribution is 5.99. The van der Waals surface area contributed by atoms with E-state index in [9.17, 15) is 23.1 Å². The molecule has 0 unspecified atom stereocenters. The van der Waals surface area contributed by atoms with E-state index in [0.29, 0.717) is 5.56 Å². The maximum absolute atomic E-state index is 12.3. The van der Waals surface area contributed by atoms with Gasteiger partial charge < -0.3 is 5.11 Å².